The van der Waals surface area contributed by atoms with Crippen LogP contribution in [0.5, 0.6) is 0 Å². The molecule has 2 heterocycles. The van der Waals surface area contributed by atoms with Gasteiger partial charge in [0.2, 0.25) is 5.91 Å². The van der Waals surface area contributed by atoms with E-state index in [1.165, 1.54) is 51.2 Å². The van der Waals surface area contributed by atoms with E-state index in [1.807, 2.05) is 4.90 Å². The molecule has 146 valence electrons. The van der Waals surface area contributed by atoms with Crippen LogP contribution >= 0.6 is 12.4 Å². The molecular formula is C18H33ClN2O3S. The van der Waals surface area contributed by atoms with E-state index in [2.05, 4.69) is 5.32 Å². The zero-order valence-corrected chi connectivity index (χ0v) is 17.0. The molecule has 5 nitrogen and oxygen atoms in total. The van der Waals surface area contributed by atoms with Crippen LogP contribution in [0.3, 0.4) is 0 Å². The summed E-state index contributed by atoms with van der Waals surface area (Å²) in [7, 11) is -3.42. The van der Waals surface area contributed by atoms with Crippen LogP contribution in [0, 0.1) is 5.41 Å². The van der Waals surface area contributed by atoms with Crippen LogP contribution in [0.1, 0.15) is 64.2 Å². The third-order valence-electron chi connectivity index (χ3n) is 6.62. The second-order valence-electron chi connectivity index (χ2n) is 8.26. The zero-order valence-electron chi connectivity index (χ0n) is 15.4. The number of nitrogens with zero attached hydrogens (tertiary/aromatic N) is 1. The number of hydrogen-bond acceptors (Lipinski definition) is 4. The summed E-state index contributed by atoms with van der Waals surface area (Å²) in [6.45, 7) is 2.72. The van der Waals surface area contributed by atoms with Gasteiger partial charge in [-0.25, -0.2) is 8.42 Å². The molecular weight excluding hydrogens is 360 g/mol. The second-order valence-corrected chi connectivity index (χ2v) is 10.6. The fraction of sp³-hybridized carbons (Fsp3) is 0.944. The topological polar surface area (TPSA) is 66.5 Å². The molecule has 1 aliphatic carbocycles. The van der Waals surface area contributed by atoms with Gasteiger partial charge in [0.05, 0.1) is 0 Å². The van der Waals surface area contributed by atoms with Crippen molar-refractivity contribution in [3.8, 4) is 0 Å². The molecule has 1 spiro atoms. The lowest BCUT2D eigenvalue weighted by atomic mass is 9.73. The minimum absolute atomic E-state index is 0. The molecule has 3 rings (SSSR count). The number of rotatable bonds is 2. The van der Waals surface area contributed by atoms with E-state index in [0.29, 0.717) is 25.9 Å². The molecule has 1 N–H and O–H groups in total. The van der Waals surface area contributed by atoms with Gasteiger partial charge < -0.3 is 10.2 Å². The molecule has 0 bridgehead atoms. The van der Waals surface area contributed by atoms with Crippen LogP contribution < -0.4 is 5.32 Å². The number of hydrogen-bond donors (Lipinski definition) is 1. The Morgan fingerprint density at radius 1 is 0.920 bits per heavy atom. The SMILES string of the molecule is CS(=O)(=O)C1(C(=O)N2CCCC3(CCCCCC3)C2)CCNCC1.Cl. The second kappa shape index (κ2) is 8.13. The Labute approximate surface area is 158 Å². The first-order valence-corrected chi connectivity index (χ1v) is 11.5. The van der Waals surface area contributed by atoms with Gasteiger partial charge in [-0.15, -0.1) is 12.4 Å². The number of piperidine rings is 2. The molecule has 0 atom stereocenters. The van der Waals surface area contributed by atoms with Crippen LogP contribution in [-0.4, -0.2) is 56.4 Å². The number of halogens is 1. The summed E-state index contributed by atoms with van der Waals surface area (Å²) in [6, 6.07) is 0. The molecule has 7 heteroatoms. The lowest BCUT2D eigenvalue weighted by Gasteiger charge is -2.46. The van der Waals surface area contributed by atoms with Crippen molar-refractivity contribution in [1.29, 1.82) is 0 Å². The Bertz CT molecular complexity index is 565. The van der Waals surface area contributed by atoms with E-state index in [0.717, 1.165) is 19.5 Å². The van der Waals surface area contributed by atoms with Gasteiger partial charge in [-0.1, -0.05) is 25.7 Å². The molecule has 0 aromatic carbocycles. The van der Waals surface area contributed by atoms with E-state index in [4.69, 9.17) is 0 Å². The van der Waals surface area contributed by atoms with Crippen molar-refractivity contribution in [3.05, 3.63) is 0 Å². The fourth-order valence-electron chi connectivity index (χ4n) is 5.13. The molecule has 0 unspecified atom stereocenters. The van der Waals surface area contributed by atoms with Gasteiger partial charge in [0.15, 0.2) is 14.6 Å². The highest BCUT2D eigenvalue weighted by atomic mass is 35.5. The minimum atomic E-state index is -3.42. The van der Waals surface area contributed by atoms with Gasteiger partial charge in [-0.3, -0.25) is 4.79 Å². The van der Waals surface area contributed by atoms with Gasteiger partial charge in [0.1, 0.15) is 0 Å². The predicted octanol–water partition coefficient (Wildman–Crippen LogP) is 2.54. The highest BCUT2D eigenvalue weighted by Crippen LogP contribution is 2.43. The van der Waals surface area contributed by atoms with Crippen LogP contribution in [-0.2, 0) is 14.6 Å². The van der Waals surface area contributed by atoms with Crippen molar-refractivity contribution in [1.82, 2.24) is 10.2 Å². The highest BCUT2D eigenvalue weighted by Gasteiger charge is 2.52. The van der Waals surface area contributed by atoms with Crippen molar-refractivity contribution in [2.75, 3.05) is 32.4 Å². The molecule has 3 fully saturated rings. The molecule has 0 radical (unpaired) electrons. The van der Waals surface area contributed by atoms with Crippen molar-refractivity contribution < 1.29 is 13.2 Å². The van der Waals surface area contributed by atoms with Crippen LogP contribution in [0.25, 0.3) is 0 Å². The first kappa shape index (κ1) is 21.0. The molecule has 2 aliphatic heterocycles. The number of carbonyl (C=O) groups is 1. The number of likely N-dealkylation sites (tertiary alicyclic amines) is 1. The monoisotopic (exact) mass is 392 g/mol. The lowest BCUT2D eigenvalue weighted by Crippen LogP contribution is -2.60. The molecule has 1 amide bonds. The number of carbonyl (C=O) groups excluding carboxylic acids is 1. The Balaban J connectivity index is 0.00000225. The molecule has 0 aromatic heterocycles. The van der Waals surface area contributed by atoms with Gasteiger partial charge in [-0.2, -0.15) is 0 Å². The van der Waals surface area contributed by atoms with Gasteiger partial charge in [0, 0.05) is 19.3 Å². The maximum absolute atomic E-state index is 13.4. The summed E-state index contributed by atoms with van der Waals surface area (Å²) in [5, 5.41) is 3.20. The highest BCUT2D eigenvalue weighted by molar-refractivity contribution is 7.92. The summed E-state index contributed by atoms with van der Waals surface area (Å²) in [5.41, 5.74) is 0.246. The molecule has 1 saturated carbocycles. The standard InChI is InChI=1S/C18H32N2O3S.ClH/c1-24(22,23)18(10-12-19-13-11-18)16(21)20-14-6-9-17(15-20)7-4-2-3-5-8-17;/h19H,2-15H2,1H3;1H. The third-order valence-corrected chi connectivity index (χ3v) is 8.63. The smallest absolute Gasteiger partial charge is 0.244 e. The Morgan fingerprint density at radius 3 is 2.04 bits per heavy atom. The van der Waals surface area contributed by atoms with Crippen LogP contribution in [0.2, 0.25) is 0 Å². The summed E-state index contributed by atoms with van der Waals surface area (Å²) < 4.78 is 23.9. The average molecular weight is 393 g/mol. The summed E-state index contributed by atoms with van der Waals surface area (Å²) in [4.78, 5) is 15.3. The van der Waals surface area contributed by atoms with Crippen LogP contribution in [0.15, 0.2) is 0 Å². The zero-order chi connectivity index (χ0) is 17.3. The quantitative estimate of drug-likeness (QED) is 0.784. The lowest BCUT2D eigenvalue weighted by molar-refractivity contribution is -0.138. The summed E-state index contributed by atoms with van der Waals surface area (Å²) in [6.07, 6.45) is 11.8. The van der Waals surface area contributed by atoms with Crippen molar-refractivity contribution in [3.63, 3.8) is 0 Å². The van der Waals surface area contributed by atoms with E-state index in [9.17, 15) is 13.2 Å². The third kappa shape index (κ3) is 4.16. The number of nitrogens with one attached hydrogen (secondary N) is 1. The van der Waals surface area contributed by atoms with Crippen molar-refractivity contribution in [2.24, 2.45) is 5.41 Å². The van der Waals surface area contributed by atoms with E-state index < -0.39 is 14.6 Å². The molecule has 25 heavy (non-hydrogen) atoms. The maximum atomic E-state index is 13.4. The van der Waals surface area contributed by atoms with E-state index >= 15 is 0 Å². The summed E-state index contributed by atoms with van der Waals surface area (Å²) >= 11 is 0. The van der Waals surface area contributed by atoms with Crippen molar-refractivity contribution in [2.45, 2.75) is 69.0 Å². The maximum Gasteiger partial charge on any atom is 0.244 e. The predicted molar refractivity (Wildman–Crippen MR) is 103 cm³/mol. The summed E-state index contributed by atoms with van der Waals surface area (Å²) in [5.74, 6) is -0.116. The van der Waals surface area contributed by atoms with E-state index in [-0.39, 0.29) is 23.7 Å². The first-order valence-electron chi connectivity index (χ1n) is 9.58. The molecule has 3 aliphatic rings. The van der Waals surface area contributed by atoms with Gasteiger partial charge in [0.25, 0.3) is 0 Å². The molecule has 2 saturated heterocycles. The first-order chi connectivity index (χ1) is 11.4. The molecule has 0 aromatic rings. The Morgan fingerprint density at radius 2 is 1.48 bits per heavy atom. The number of amides is 1. The van der Waals surface area contributed by atoms with Gasteiger partial charge >= 0.3 is 0 Å². The Hall–Kier alpha value is -0.330. The Kier molecular flexibility index (Phi) is 6.83. The number of sulfone groups is 1. The van der Waals surface area contributed by atoms with Gasteiger partial charge in [-0.05, 0) is 57.0 Å². The van der Waals surface area contributed by atoms with Crippen molar-refractivity contribution >= 4 is 28.2 Å². The van der Waals surface area contributed by atoms with Crippen LogP contribution in [0.4, 0.5) is 0 Å². The van der Waals surface area contributed by atoms with E-state index in [1.54, 1.807) is 0 Å². The largest absolute Gasteiger partial charge is 0.341 e. The average Bonchev–Trinajstić information content (AvgIpc) is 2.79. The minimum Gasteiger partial charge on any atom is -0.341 e. The normalized spacial score (nSPS) is 26.5. The fourth-order valence-corrected chi connectivity index (χ4v) is 6.52.